The summed E-state index contributed by atoms with van der Waals surface area (Å²) in [5.41, 5.74) is 9.65. The van der Waals surface area contributed by atoms with Crippen molar-refractivity contribution in [1.82, 2.24) is 0 Å². The van der Waals surface area contributed by atoms with Gasteiger partial charge in [0.2, 0.25) is 0 Å². The first-order valence-electron chi connectivity index (χ1n) is 4.98. The third-order valence-corrected chi connectivity index (χ3v) is 3.04. The van der Waals surface area contributed by atoms with Crippen molar-refractivity contribution in [2.24, 2.45) is 5.73 Å². The maximum Gasteiger partial charge on any atom is 0.108 e. The first kappa shape index (κ1) is 8.75. The van der Waals surface area contributed by atoms with E-state index in [0.29, 0.717) is 0 Å². The molecule has 0 spiro atoms. The lowest BCUT2D eigenvalue weighted by Crippen LogP contribution is -2.36. The molecule has 15 heavy (non-hydrogen) atoms. The molecule has 1 aliphatic carbocycles. The van der Waals surface area contributed by atoms with Crippen LogP contribution in [0.3, 0.4) is 0 Å². The van der Waals surface area contributed by atoms with Crippen LogP contribution in [-0.2, 0) is 5.44 Å². The molecule has 3 rings (SSSR count). The Morgan fingerprint density at radius 3 is 1.67 bits per heavy atom. The average Bonchev–Trinajstić information content (AvgIpc) is 2.51. The summed E-state index contributed by atoms with van der Waals surface area (Å²) in [6, 6.07) is 16.1. The highest BCUT2D eigenvalue weighted by Gasteiger charge is 2.34. The van der Waals surface area contributed by atoms with E-state index in [0.717, 1.165) is 22.3 Å². The minimum Gasteiger partial charge on any atom is -0.325 e. The highest BCUT2D eigenvalue weighted by molar-refractivity contribution is 6.20. The van der Waals surface area contributed by atoms with Gasteiger partial charge in [0.1, 0.15) is 7.85 Å². The smallest absolute Gasteiger partial charge is 0.108 e. The fourth-order valence-corrected chi connectivity index (χ4v) is 2.30. The fourth-order valence-electron chi connectivity index (χ4n) is 2.30. The molecule has 2 radical (unpaired) electrons. The molecule has 0 aliphatic heterocycles. The molecular formula is C13H10BN. The third-order valence-electron chi connectivity index (χ3n) is 3.04. The molecule has 2 heteroatoms. The van der Waals surface area contributed by atoms with Crippen molar-refractivity contribution < 1.29 is 0 Å². The standard InChI is InChI=1S/C13H10BN/c14-13(15)11-7-3-1-5-9(11)10-6-2-4-8-12(10)13/h1-8H,15H2. The van der Waals surface area contributed by atoms with Gasteiger partial charge in [-0.1, -0.05) is 48.5 Å². The van der Waals surface area contributed by atoms with Gasteiger partial charge in [-0.05, 0) is 22.3 Å². The van der Waals surface area contributed by atoms with E-state index in [1.807, 2.05) is 36.4 Å². The molecule has 0 atom stereocenters. The number of benzene rings is 2. The maximum absolute atomic E-state index is 6.18. The zero-order chi connectivity index (χ0) is 10.5. The van der Waals surface area contributed by atoms with Gasteiger partial charge in [0.15, 0.2) is 0 Å². The molecule has 0 saturated heterocycles. The molecule has 1 nitrogen and oxygen atoms in total. The first-order chi connectivity index (χ1) is 7.21. The minimum absolute atomic E-state index is 0.840. The Hall–Kier alpha value is -1.54. The van der Waals surface area contributed by atoms with Gasteiger partial charge in [-0.2, -0.15) is 0 Å². The second-order valence-corrected chi connectivity index (χ2v) is 3.96. The van der Waals surface area contributed by atoms with Gasteiger partial charge in [-0.3, -0.25) is 0 Å². The van der Waals surface area contributed by atoms with Gasteiger partial charge in [0, 0.05) is 5.44 Å². The van der Waals surface area contributed by atoms with Crippen LogP contribution < -0.4 is 5.73 Å². The Bertz CT molecular complexity index is 484. The van der Waals surface area contributed by atoms with Crippen molar-refractivity contribution in [1.29, 1.82) is 0 Å². The lowest BCUT2D eigenvalue weighted by molar-refractivity contribution is 0.798. The summed E-state index contributed by atoms with van der Waals surface area (Å²) in [6.45, 7) is 0. The molecule has 0 amide bonds. The molecule has 0 saturated carbocycles. The normalized spacial score (nSPS) is 15.8. The van der Waals surface area contributed by atoms with E-state index >= 15 is 0 Å². The van der Waals surface area contributed by atoms with E-state index < -0.39 is 5.44 Å². The van der Waals surface area contributed by atoms with Gasteiger partial charge in [0.25, 0.3) is 0 Å². The van der Waals surface area contributed by atoms with Crippen LogP contribution in [0.4, 0.5) is 0 Å². The lowest BCUT2D eigenvalue weighted by Gasteiger charge is -2.21. The summed E-state index contributed by atoms with van der Waals surface area (Å²) >= 11 is 0. The Balaban J connectivity index is 2.42. The fraction of sp³-hybridized carbons (Fsp3) is 0.0769. The number of hydrogen-bond acceptors (Lipinski definition) is 1. The molecule has 0 aromatic heterocycles. The Morgan fingerprint density at radius 1 is 0.800 bits per heavy atom. The summed E-state index contributed by atoms with van der Waals surface area (Å²) in [5, 5.41) is 0. The van der Waals surface area contributed by atoms with E-state index in [4.69, 9.17) is 13.6 Å². The van der Waals surface area contributed by atoms with Crippen LogP contribution >= 0.6 is 0 Å². The number of rotatable bonds is 0. The molecule has 0 heterocycles. The molecule has 0 unspecified atom stereocenters. The zero-order valence-electron chi connectivity index (χ0n) is 8.27. The summed E-state index contributed by atoms with van der Waals surface area (Å²) in [4.78, 5) is 0. The van der Waals surface area contributed by atoms with Gasteiger partial charge in [0.05, 0.1) is 0 Å². The van der Waals surface area contributed by atoms with Crippen LogP contribution in [0.2, 0.25) is 0 Å². The predicted octanol–water partition coefficient (Wildman–Crippen LogP) is 2.00. The van der Waals surface area contributed by atoms with E-state index in [9.17, 15) is 0 Å². The highest BCUT2D eigenvalue weighted by atomic mass is 14.7. The van der Waals surface area contributed by atoms with Gasteiger partial charge in [-0.25, -0.2) is 0 Å². The molecule has 0 fully saturated rings. The monoisotopic (exact) mass is 191 g/mol. The molecule has 70 valence electrons. The van der Waals surface area contributed by atoms with E-state index in [1.165, 1.54) is 0 Å². The average molecular weight is 191 g/mol. The second kappa shape index (κ2) is 2.74. The topological polar surface area (TPSA) is 26.0 Å². The van der Waals surface area contributed by atoms with Crippen molar-refractivity contribution in [3.63, 3.8) is 0 Å². The Kier molecular flexibility index (Phi) is 1.60. The van der Waals surface area contributed by atoms with Crippen LogP contribution in [0.25, 0.3) is 11.1 Å². The van der Waals surface area contributed by atoms with E-state index in [-0.39, 0.29) is 0 Å². The molecule has 2 aromatic carbocycles. The Labute approximate surface area is 90.3 Å². The second-order valence-electron chi connectivity index (χ2n) is 3.96. The Morgan fingerprint density at radius 2 is 1.20 bits per heavy atom. The van der Waals surface area contributed by atoms with Crippen LogP contribution in [0, 0.1) is 0 Å². The van der Waals surface area contributed by atoms with Crippen molar-refractivity contribution >= 4 is 7.85 Å². The SMILES string of the molecule is [B]C1(N)c2ccccc2-c2ccccc21. The van der Waals surface area contributed by atoms with Crippen LogP contribution in [-0.4, -0.2) is 7.85 Å². The molecule has 2 N–H and O–H groups in total. The quantitative estimate of drug-likeness (QED) is 0.633. The maximum atomic E-state index is 6.18. The number of hydrogen-bond donors (Lipinski definition) is 1. The van der Waals surface area contributed by atoms with Crippen LogP contribution in [0.5, 0.6) is 0 Å². The van der Waals surface area contributed by atoms with Crippen LogP contribution in [0.15, 0.2) is 48.5 Å². The predicted molar refractivity (Wildman–Crippen MR) is 62.6 cm³/mol. The third kappa shape index (κ3) is 1.03. The summed E-state index contributed by atoms with van der Waals surface area (Å²) in [5.74, 6) is 0. The van der Waals surface area contributed by atoms with Crippen molar-refractivity contribution in [2.45, 2.75) is 5.44 Å². The van der Waals surface area contributed by atoms with Crippen molar-refractivity contribution in [3.8, 4) is 11.1 Å². The largest absolute Gasteiger partial charge is 0.325 e. The molecule has 1 aliphatic rings. The first-order valence-corrected chi connectivity index (χ1v) is 4.98. The molecule has 2 aromatic rings. The van der Waals surface area contributed by atoms with E-state index in [1.54, 1.807) is 0 Å². The van der Waals surface area contributed by atoms with Gasteiger partial charge in [-0.15, -0.1) is 0 Å². The summed E-state index contributed by atoms with van der Waals surface area (Å²) in [6.07, 6.45) is 0. The number of fused-ring (bicyclic) bond motifs is 3. The van der Waals surface area contributed by atoms with Crippen LogP contribution in [0.1, 0.15) is 11.1 Å². The van der Waals surface area contributed by atoms with Crippen molar-refractivity contribution in [3.05, 3.63) is 59.7 Å². The lowest BCUT2D eigenvalue weighted by atomic mass is 9.71. The minimum atomic E-state index is -0.840. The van der Waals surface area contributed by atoms with E-state index in [2.05, 4.69) is 12.1 Å². The summed E-state index contributed by atoms with van der Waals surface area (Å²) < 4.78 is 0. The van der Waals surface area contributed by atoms with Gasteiger partial charge >= 0.3 is 0 Å². The van der Waals surface area contributed by atoms with Crippen molar-refractivity contribution in [2.75, 3.05) is 0 Å². The molecular weight excluding hydrogens is 181 g/mol. The zero-order valence-corrected chi connectivity index (χ0v) is 8.27. The summed E-state index contributed by atoms with van der Waals surface area (Å²) in [7, 11) is 6.18. The highest BCUT2D eigenvalue weighted by Crippen LogP contribution is 2.43. The number of nitrogens with two attached hydrogens (primary N) is 1. The molecule has 0 bridgehead atoms. The van der Waals surface area contributed by atoms with Gasteiger partial charge < -0.3 is 5.73 Å².